The summed E-state index contributed by atoms with van der Waals surface area (Å²) in [5, 5.41) is 7.20. The van der Waals surface area contributed by atoms with E-state index >= 15 is 0 Å². The molecule has 0 amide bonds. The van der Waals surface area contributed by atoms with Gasteiger partial charge in [0.25, 0.3) is 0 Å². The van der Waals surface area contributed by atoms with Gasteiger partial charge in [-0.05, 0) is 38.1 Å². The van der Waals surface area contributed by atoms with E-state index in [1.165, 1.54) is 0 Å². The summed E-state index contributed by atoms with van der Waals surface area (Å²) in [6.45, 7) is 4.04. The van der Waals surface area contributed by atoms with Gasteiger partial charge in [0.2, 0.25) is 0 Å². The molecule has 1 aromatic carbocycles. The summed E-state index contributed by atoms with van der Waals surface area (Å²) >= 11 is 3.40. The molecule has 5 heteroatoms. The van der Waals surface area contributed by atoms with E-state index in [1.54, 1.807) is 6.92 Å². The number of carbonyl (C=O) groups excluding carboxylic acids is 1. The number of hydrogen-bond donors (Lipinski definition) is 1. The van der Waals surface area contributed by atoms with E-state index < -0.39 is 0 Å². The van der Waals surface area contributed by atoms with Crippen molar-refractivity contribution in [2.75, 3.05) is 11.9 Å². The third-order valence-electron chi connectivity index (χ3n) is 2.75. The van der Waals surface area contributed by atoms with E-state index in [2.05, 4.69) is 26.4 Å². The van der Waals surface area contributed by atoms with Crippen LogP contribution in [0.5, 0.6) is 0 Å². The highest BCUT2D eigenvalue weighted by atomic mass is 79.9. The Bertz CT molecular complexity index is 576. The van der Waals surface area contributed by atoms with Gasteiger partial charge < -0.3 is 9.84 Å². The molecule has 0 atom stereocenters. The van der Waals surface area contributed by atoms with Crippen molar-refractivity contribution in [3.8, 4) is 11.3 Å². The van der Waals surface area contributed by atoms with Crippen LogP contribution in [0, 0.1) is 6.92 Å². The Morgan fingerprint density at radius 1 is 1.37 bits per heavy atom. The molecule has 0 aliphatic heterocycles. The molecule has 0 saturated carbocycles. The molecule has 2 aromatic rings. The molecule has 0 unspecified atom stereocenters. The van der Waals surface area contributed by atoms with Crippen molar-refractivity contribution in [2.24, 2.45) is 0 Å². The second-order valence-electron chi connectivity index (χ2n) is 4.36. The van der Waals surface area contributed by atoms with Crippen LogP contribution in [0.3, 0.4) is 0 Å². The second kappa shape index (κ2) is 6.02. The summed E-state index contributed by atoms with van der Waals surface area (Å²) in [6.07, 6.45) is 0.490. The Kier molecular flexibility index (Phi) is 4.37. The Morgan fingerprint density at radius 2 is 2.05 bits per heavy atom. The van der Waals surface area contributed by atoms with Crippen LogP contribution in [0.25, 0.3) is 11.3 Å². The number of halogens is 1. The van der Waals surface area contributed by atoms with E-state index in [0.717, 1.165) is 21.4 Å². The number of nitrogens with one attached hydrogen (secondary N) is 1. The van der Waals surface area contributed by atoms with Gasteiger partial charge in [0.15, 0.2) is 5.76 Å². The predicted octanol–water partition coefficient (Wildman–Crippen LogP) is 3.80. The molecule has 1 N–H and O–H groups in total. The van der Waals surface area contributed by atoms with E-state index in [4.69, 9.17) is 4.52 Å². The highest BCUT2D eigenvalue weighted by molar-refractivity contribution is 9.10. The van der Waals surface area contributed by atoms with Crippen molar-refractivity contribution in [3.63, 3.8) is 0 Å². The third kappa shape index (κ3) is 3.44. The Hall–Kier alpha value is -1.62. The van der Waals surface area contributed by atoms with Crippen LogP contribution in [0.2, 0.25) is 0 Å². The Morgan fingerprint density at radius 3 is 2.68 bits per heavy atom. The Labute approximate surface area is 120 Å². The fourth-order valence-electron chi connectivity index (χ4n) is 1.74. The lowest BCUT2D eigenvalue weighted by atomic mass is 10.1. The molecular formula is C14H15BrN2O2. The molecule has 0 fully saturated rings. The highest BCUT2D eigenvalue weighted by Gasteiger charge is 2.14. The topological polar surface area (TPSA) is 55.1 Å². The number of Topliss-reactive ketones (excluding diaryl/α,β-unsaturated/α-hetero) is 1. The van der Waals surface area contributed by atoms with Gasteiger partial charge >= 0.3 is 0 Å². The molecule has 2 rings (SSSR count). The minimum absolute atomic E-state index is 0.159. The lowest BCUT2D eigenvalue weighted by Crippen LogP contribution is -2.06. The molecular weight excluding hydrogens is 308 g/mol. The maximum absolute atomic E-state index is 11.0. The van der Waals surface area contributed by atoms with E-state index in [9.17, 15) is 4.79 Å². The van der Waals surface area contributed by atoms with Crippen molar-refractivity contribution in [3.05, 3.63) is 34.4 Å². The smallest absolute Gasteiger partial charge is 0.190 e. The standard InChI is InChI=1S/C14H15BrN2O2/c1-9(18)7-8-16-13-10(2)17-19-14(13)11-3-5-12(15)6-4-11/h3-6,16H,7-8H2,1-2H3. The molecule has 1 heterocycles. The van der Waals surface area contributed by atoms with Crippen molar-refractivity contribution in [1.29, 1.82) is 0 Å². The second-order valence-corrected chi connectivity index (χ2v) is 5.27. The predicted molar refractivity (Wildman–Crippen MR) is 78.2 cm³/mol. The lowest BCUT2D eigenvalue weighted by Gasteiger charge is -2.05. The summed E-state index contributed by atoms with van der Waals surface area (Å²) in [7, 11) is 0. The third-order valence-corrected chi connectivity index (χ3v) is 3.28. The number of ketones is 1. The monoisotopic (exact) mass is 322 g/mol. The van der Waals surface area contributed by atoms with Crippen molar-refractivity contribution in [1.82, 2.24) is 5.16 Å². The van der Waals surface area contributed by atoms with E-state index in [-0.39, 0.29) is 5.78 Å². The molecule has 0 aliphatic rings. The number of aryl methyl sites for hydroxylation is 1. The average molecular weight is 323 g/mol. The molecule has 0 aliphatic carbocycles. The zero-order chi connectivity index (χ0) is 13.8. The molecule has 0 bridgehead atoms. The average Bonchev–Trinajstić information content (AvgIpc) is 2.72. The van der Waals surface area contributed by atoms with Crippen LogP contribution >= 0.6 is 15.9 Å². The molecule has 0 saturated heterocycles. The summed E-state index contributed by atoms with van der Waals surface area (Å²) < 4.78 is 6.38. The maximum Gasteiger partial charge on any atom is 0.190 e. The Balaban J connectivity index is 2.21. The lowest BCUT2D eigenvalue weighted by molar-refractivity contribution is -0.116. The summed E-state index contributed by atoms with van der Waals surface area (Å²) in [6, 6.07) is 7.82. The molecule has 19 heavy (non-hydrogen) atoms. The first-order chi connectivity index (χ1) is 9.08. The van der Waals surface area contributed by atoms with Crippen molar-refractivity contribution >= 4 is 27.4 Å². The summed E-state index contributed by atoms with van der Waals surface area (Å²) in [5.41, 5.74) is 2.60. The van der Waals surface area contributed by atoms with Gasteiger partial charge in [-0.15, -0.1) is 0 Å². The van der Waals surface area contributed by atoms with Crippen LogP contribution in [-0.2, 0) is 4.79 Å². The first kappa shape index (κ1) is 13.8. The fraction of sp³-hybridized carbons (Fsp3) is 0.286. The SMILES string of the molecule is CC(=O)CCNc1c(C)noc1-c1ccc(Br)cc1. The molecule has 0 spiro atoms. The quantitative estimate of drug-likeness (QED) is 0.909. The zero-order valence-corrected chi connectivity index (χ0v) is 12.5. The van der Waals surface area contributed by atoms with Crippen LogP contribution in [-0.4, -0.2) is 17.5 Å². The zero-order valence-electron chi connectivity index (χ0n) is 10.9. The normalized spacial score (nSPS) is 10.5. The maximum atomic E-state index is 11.0. The highest BCUT2D eigenvalue weighted by Crippen LogP contribution is 2.31. The van der Waals surface area contributed by atoms with Gasteiger partial charge in [-0.3, -0.25) is 4.79 Å². The molecule has 1 aromatic heterocycles. The minimum Gasteiger partial charge on any atom is -0.380 e. The van der Waals surface area contributed by atoms with Crippen LogP contribution in [0.1, 0.15) is 19.0 Å². The van der Waals surface area contributed by atoms with Gasteiger partial charge in [0.05, 0.1) is 0 Å². The van der Waals surface area contributed by atoms with Gasteiger partial charge in [-0.2, -0.15) is 0 Å². The molecule has 4 nitrogen and oxygen atoms in total. The van der Waals surface area contributed by atoms with Gasteiger partial charge in [0, 0.05) is 23.0 Å². The first-order valence-electron chi connectivity index (χ1n) is 6.03. The summed E-state index contributed by atoms with van der Waals surface area (Å²) in [5.74, 6) is 0.861. The van der Waals surface area contributed by atoms with Crippen molar-refractivity contribution in [2.45, 2.75) is 20.3 Å². The van der Waals surface area contributed by atoms with Gasteiger partial charge in [-0.25, -0.2) is 0 Å². The number of carbonyl (C=O) groups is 1. The van der Waals surface area contributed by atoms with Crippen LogP contribution < -0.4 is 5.32 Å². The van der Waals surface area contributed by atoms with E-state index in [0.29, 0.717) is 18.7 Å². The first-order valence-corrected chi connectivity index (χ1v) is 6.82. The minimum atomic E-state index is 0.159. The van der Waals surface area contributed by atoms with Gasteiger partial charge in [-0.1, -0.05) is 21.1 Å². The molecule has 0 radical (unpaired) electrons. The van der Waals surface area contributed by atoms with Crippen LogP contribution in [0.4, 0.5) is 5.69 Å². The number of benzene rings is 1. The molecule has 100 valence electrons. The number of hydrogen-bond acceptors (Lipinski definition) is 4. The number of rotatable bonds is 5. The number of aromatic nitrogens is 1. The van der Waals surface area contributed by atoms with Crippen LogP contribution in [0.15, 0.2) is 33.3 Å². The number of anilines is 1. The van der Waals surface area contributed by atoms with E-state index in [1.807, 2.05) is 31.2 Å². The largest absolute Gasteiger partial charge is 0.380 e. The van der Waals surface area contributed by atoms with Gasteiger partial charge in [0.1, 0.15) is 17.2 Å². The fourth-order valence-corrected chi connectivity index (χ4v) is 2.00. The number of nitrogens with zero attached hydrogens (tertiary/aromatic N) is 1. The van der Waals surface area contributed by atoms with Crippen molar-refractivity contribution < 1.29 is 9.32 Å². The summed E-state index contributed by atoms with van der Waals surface area (Å²) in [4.78, 5) is 11.0.